The second-order valence-corrected chi connectivity index (χ2v) is 4.51. The lowest BCUT2D eigenvalue weighted by molar-refractivity contribution is -0.312. The molecule has 0 N–H and O–H groups in total. The second kappa shape index (κ2) is 4.75. The first-order valence-electron chi connectivity index (χ1n) is 6.13. The molecule has 1 aliphatic rings. The molecule has 19 heavy (non-hydrogen) atoms. The molecule has 1 fully saturated rings. The molecular formula is C12H12N5O2-. The summed E-state index contributed by atoms with van der Waals surface area (Å²) in [6.07, 6.45) is 5.77. The Bertz CT molecular complexity index is 605. The van der Waals surface area contributed by atoms with Gasteiger partial charge >= 0.3 is 0 Å². The average molecular weight is 258 g/mol. The molecule has 7 heteroatoms. The molecule has 1 saturated heterocycles. The zero-order valence-electron chi connectivity index (χ0n) is 10.2. The Balaban J connectivity index is 1.88. The Labute approximate surface area is 109 Å². The van der Waals surface area contributed by atoms with Gasteiger partial charge in [0.2, 0.25) is 0 Å². The summed E-state index contributed by atoms with van der Waals surface area (Å²) in [5.74, 6) is -0.614. The average Bonchev–Trinajstić information content (AvgIpc) is 2.47. The lowest BCUT2D eigenvalue weighted by Crippen LogP contribution is -2.41. The number of anilines is 1. The van der Waals surface area contributed by atoms with E-state index in [1.54, 1.807) is 12.4 Å². The molecule has 3 rings (SSSR count). The van der Waals surface area contributed by atoms with Gasteiger partial charge < -0.3 is 14.8 Å². The predicted molar refractivity (Wildman–Crippen MR) is 65.1 cm³/mol. The summed E-state index contributed by atoms with van der Waals surface area (Å²) in [7, 11) is 0. The molecule has 0 bridgehead atoms. The first-order chi connectivity index (χ1) is 9.25. The van der Waals surface area contributed by atoms with Crippen LogP contribution in [0.15, 0.2) is 18.7 Å². The number of carboxylic acids is 1. The highest BCUT2D eigenvalue weighted by Crippen LogP contribution is 2.24. The van der Waals surface area contributed by atoms with Crippen molar-refractivity contribution in [2.45, 2.75) is 12.8 Å². The number of rotatable bonds is 2. The number of nitrogens with zero attached hydrogens (tertiary/aromatic N) is 5. The molecule has 1 aliphatic heterocycles. The summed E-state index contributed by atoms with van der Waals surface area (Å²) in [5, 5.41) is 10.8. The molecule has 7 nitrogen and oxygen atoms in total. The van der Waals surface area contributed by atoms with Crippen LogP contribution in [0.1, 0.15) is 12.8 Å². The van der Waals surface area contributed by atoms with Crippen LogP contribution in [0.25, 0.3) is 11.2 Å². The van der Waals surface area contributed by atoms with Crippen LogP contribution in [0.2, 0.25) is 0 Å². The molecule has 2 aromatic rings. The van der Waals surface area contributed by atoms with E-state index < -0.39 is 5.97 Å². The highest BCUT2D eigenvalue weighted by Gasteiger charge is 2.22. The fourth-order valence-corrected chi connectivity index (χ4v) is 2.34. The van der Waals surface area contributed by atoms with Gasteiger partial charge in [-0.2, -0.15) is 0 Å². The summed E-state index contributed by atoms with van der Waals surface area (Å²) in [6.45, 7) is 1.25. The molecule has 0 radical (unpaired) electrons. The number of carbonyl (C=O) groups excluding carboxylic acids is 1. The van der Waals surface area contributed by atoms with Crippen LogP contribution >= 0.6 is 0 Å². The molecule has 98 valence electrons. The summed E-state index contributed by atoms with van der Waals surface area (Å²) in [4.78, 5) is 29.6. The maximum atomic E-state index is 10.8. The molecule has 0 atom stereocenters. The zero-order chi connectivity index (χ0) is 13.2. The Kier molecular flexibility index (Phi) is 2.94. The minimum absolute atomic E-state index is 0.365. The fraction of sp³-hybridized carbons (Fsp3) is 0.417. The summed E-state index contributed by atoms with van der Waals surface area (Å²) in [5.41, 5.74) is 1.20. The topological polar surface area (TPSA) is 94.9 Å². The van der Waals surface area contributed by atoms with Crippen LogP contribution in [-0.4, -0.2) is 39.0 Å². The van der Waals surface area contributed by atoms with E-state index in [1.165, 1.54) is 6.33 Å². The van der Waals surface area contributed by atoms with Crippen molar-refractivity contribution in [1.29, 1.82) is 0 Å². The lowest BCUT2D eigenvalue weighted by Gasteiger charge is -2.33. The molecule has 0 saturated carbocycles. The monoisotopic (exact) mass is 258 g/mol. The first-order valence-corrected chi connectivity index (χ1v) is 6.13. The summed E-state index contributed by atoms with van der Waals surface area (Å²) < 4.78 is 0. The Morgan fingerprint density at radius 2 is 1.89 bits per heavy atom. The summed E-state index contributed by atoms with van der Waals surface area (Å²) in [6, 6.07) is 0. The third-order valence-corrected chi connectivity index (χ3v) is 3.38. The maximum absolute atomic E-state index is 10.8. The van der Waals surface area contributed by atoms with E-state index in [0.717, 1.165) is 5.82 Å². The van der Waals surface area contributed by atoms with Crippen LogP contribution < -0.4 is 10.0 Å². The van der Waals surface area contributed by atoms with Gasteiger partial charge in [-0.15, -0.1) is 0 Å². The van der Waals surface area contributed by atoms with Crippen LogP contribution in [0, 0.1) is 5.92 Å². The maximum Gasteiger partial charge on any atom is 0.183 e. The van der Waals surface area contributed by atoms with E-state index in [-0.39, 0.29) is 5.92 Å². The number of piperidine rings is 1. The van der Waals surface area contributed by atoms with Crippen molar-refractivity contribution in [3.05, 3.63) is 18.7 Å². The van der Waals surface area contributed by atoms with Gasteiger partial charge in [-0.05, 0) is 12.8 Å². The van der Waals surface area contributed by atoms with E-state index >= 15 is 0 Å². The Morgan fingerprint density at radius 1 is 1.16 bits per heavy atom. The van der Waals surface area contributed by atoms with Gasteiger partial charge in [0.15, 0.2) is 17.0 Å². The van der Waals surface area contributed by atoms with Gasteiger partial charge in [-0.3, -0.25) is 0 Å². The molecule has 0 unspecified atom stereocenters. The number of hydrogen-bond acceptors (Lipinski definition) is 7. The van der Waals surface area contributed by atoms with Crippen LogP contribution in [-0.2, 0) is 4.79 Å². The van der Waals surface area contributed by atoms with E-state index in [4.69, 9.17) is 0 Å². The molecule has 2 aromatic heterocycles. The SMILES string of the molecule is O=C([O-])C1CCN(c2ncnc3nccnc23)CC1. The molecule has 0 amide bonds. The van der Waals surface area contributed by atoms with Gasteiger partial charge in [-0.1, -0.05) is 0 Å². The van der Waals surface area contributed by atoms with Crippen LogP contribution in [0.5, 0.6) is 0 Å². The smallest absolute Gasteiger partial charge is 0.183 e. The van der Waals surface area contributed by atoms with Gasteiger partial charge in [0.25, 0.3) is 0 Å². The van der Waals surface area contributed by atoms with Crippen molar-refractivity contribution in [2.24, 2.45) is 5.92 Å². The highest BCUT2D eigenvalue weighted by atomic mass is 16.4. The number of aromatic nitrogens is 4. The third kappa shape index (κ3) is 2.18. The lowest BCUT2D eigenvalue weighted by atomic mass is 9.97. The number of hydrogen-bond donors (Lipinski definition) is 0. The molecule has 0 spiro atoms. The van der Waals surface area contributed by atoms with Gasteiger partial charge in [0, 0.05) is 37.4 Å². The van der Waals surface area contributed by atoms with Gasteiger partial charge in [0.05, 0.1) is 0 Å². The molecule has 3 heterocycles. The van der Waals surface area contributed by atoms with Gasteiger partial charge in [0.1, 0.15) is 6.33 Å². The van der Waals surface area contributed by atoms with Crippen molar-refractivity contribution in [1.82, 2.24) is 19.9 Å². The number of carbonyl (C=O) groups is 1. The van der Waals surface area contributed by atoms with Crippen LogP contribution in [0.4, 0.5) is 5.82 Å². The zero-order valence-corrected chi connectivity index (χ0v) is 10.2. The van der Waals surface area contributed by atoms with E-state index in [0.29, 0.717) is 37.1 Å². The predicted octanol–water partition coefficient (Wildman–Crippen LogP) is -0.614. The van der Waals surface area contributed by atoms with Crippen LogP contribution in [0.3, 0.4) is 0 Å². The van der Waals surface area contributed by atoms with Crippen molar-refractivity contribution in [3.8, 4) is 0 Å². The molecular weight excluding hydrogens is 246 g/mol. The quantitative estimate of drug-likeness (QED) is 0.708. The van der Waals surface area contributed by atoms with Crippen molar-refractivity contribution in [3.63, 3.8) is 0 Å². The Hall–Kier alpha value is -2.31. The number of fused-ring (bicyclic) bond motifs is 1. The minimum Gasteiger partial charge on any atom is -0.550 e. The standard InChI is InChI=1S/C12H13N5O2/c18-12(19)8-1-5-17(6-2-8)11-9-10(15-7-16-11)14-4-3-13-9/h3-4,7-8H,1-2,5-6H2,(H,18,19)/p-1. The van der Waals surface area contributed by atoms with Crippen molar-refractivity contribution in [2.75, 3.05) is 18.0 Å². The number of aliphatic carboxylic acids is 1. The van der Waals surface area contributed by atoms with E-state index in [1.807, 2.05) is 4.90 Å². The fourth-order valence-electron chi connectivity index (χ4n) is 2.34. The van der Waals surface area contributed by atoms with Gasteiger partial charge in [-0.25, -0.2) is 19.9 Å². The second-order valence-electron chi connectivity index (χ2n) is 4.51. The minimum atomic E-state index is -0.966. The van der Waals surface area contributed by atoms with E-state index in [9.17, 15) is 9.90 Å². The normalized spacial score (nSPS) is 16.7. The Morgan fingerprint density at radius 3 is 2.63 bits per heavy atom. The molecule has 0 aromatic carbocycles. The first kappa shape index (κ1) is 11.8. The van der Waals surface area contributed by atoms with E-state index in [2.05, 4.69) is 19.9 Å². The largest absolute Gasteiger partial charge is 0.550 e. The third-order valence-electron chi connectivity index (χ3n) is 3.38. The van der Waals surface area contributed by atoms with Crippen molar-refractivity contribution >= 4 is 23.0 Å². The molecule has 0 aliphatic carbocycles. The number of carboxylic acid groups (broad SMARTS) is 1. The summed E-state index contributed by atoms with van der Waals surface area (Å²) >= 11 is 0. The highest BCUT2D eigenvalue weighted by molar-refractivity contribution is 5.82. The van der Waals surface area contributed by atoms with Crippen molar-refractivity contribution < 1.29 is 9.90 Å².